The smallest absolute Gasteiger partial charge is 0.354 e. The molecule has 0 aliphatic heterocycles. The first-order chi connectivity index (χ1) is 15.5. The molecule has 3 heterocycles. The maximum absolute atomic E-state index is 13.2. The standard InChI is InChI=1S/C23H16ClN3O4S/c24-14-6-7-18-15(10-14)19(27-21(28)16-11-32-12-17(16)25-23(27)31)20(22(29)30)26(18)9-8-13-4-2-1-3-5-13/h1-7,10-12H,8-9H2,(H,25,31)(H,29,30). The second-order valence-corrected chi connectivity index (χ2v) is 8.50. The van der Waals surface area contributed by atoms with Crippen LogP contribution >= 0.6 is 22.9 Å². The Kier molecular flexibility index (Phi) is 4.96. The van der Waals surface area contributed by atoms with Crippen molar-refractivity contribution >= 4 is 50.7 Å². The fourth-order valence-electron chi connectivity index (χ4n) is 4.02. The molecule has 2 N–H and O–H groups in total. The van der Waals surface area contributed by atoms with Crippen LogP contribution in [-0.2, 0) is 13.0 Å². The number of hydrogen-bond acceptors (Lipinski definition) is 4. The minimum absolute atomic E-state index is 0.0161. The number of nitrogens with one attached hydrogen (secondary N) is 1. The average Bonchev–Trinajstić information content (AvgIpc) is 3.36. The van der Waals surface area contributed by atoms with Gasteiger partial charge in [0.15, 0.2) is 5.69 Å². The number of carbonyl (C=O) groups is 1. The third kappa shape index (κ3) is 3.24. The van der Waals surface area contributed by atoms with E-state index in [0.29, 0.717) is 39.8 Å². The normalized spacial score (nSPS) is 11.4. The van der Waals surface area contributed by atoms with Gasteiger partial charge in [-0.15, -0.1) is 11.3 Å². The lowest BCUT2D eigenvalue weighted by molar-refractivity contribution is 0.0685. The van der Waals surface area contributed by atoms with Crippen molar-refractivity contribution in [1.82, 2.24) is 14.1 Å². The zero-order chi connectivity index (χ0) is 22.4. The van der Waals surface area contributed by atoms with Gasteiger partial charge in [-0.2, -0.15) is 0 Å². The minimum Gasteiger partial charge on any atom is -0.477 e. The molecule has 3 aromatic heterocycles. The predicted molar refractivity (Wildman–Crippen MR) is 126 cm³/mol. The van der Waals surface area contributed by atoms with Gasteiger partial charge in [-0.1, -0.05) is 41.9 Å². The van der Waals surface area contributed by atoms with Gasteiger partial charge in [0, 0.05) is 27.7 Å². The zero-order valence-electron chi connectivity index (χ0n) is 16.5. The second kappa shape index (κ2) is 7.81. The SMILES string of the molecule is O=C(O)c1c(-n2c(=O)[nH]c3cscc3c2=O)c2cc(Cl)ccc2n1CCc1ccccc1. The predicted octanol–water partition coefficient (Wildman–Crippen LogP) is 4.29. The lowest BCUT2D eigenvalue weighted by Gasteiger charge is -2.10. The highest BCUT2D eigenvalue weighted by Crippen LogP contribution is 2.31. The van der Waals surface area contributed by atoms with Crippen LogP contribution in [0.3, 0.4) is 0 Å². The summed E-state index contributed by atoms with van der Waals surface area (Å²) in [5.41, 5.74) is 0.636. The van der Waals surface area contributed by atoms with Gasteiger partial charge in [0.1, 0.15) is 0 Å². The monoisotopic (exact) mass is 465 g/mol. The van der Waals surface area contributed by atoms with Gasteiger partial charge in [-0.25, -0.2) is 14.2 Å². The van der Waals surface area contributed by atoms with E-state index in [1.807, 2.05) is 30.3 Å². The quantitative estimate of drug-likeness (QED) is 0.404. The molecule has 160 valence electrons. The number of fused-ring (bicyclic) bond motifs is 2. The molecule has 7 nitrogen and oxygen atoms in total. The number of aromatic amines is 1. The number of thiophene rings is 1. The molecule has 0 atom stereocenters. The molecule has 0 radical (unpaired) electrons. The first kappa shape index (κ1) is 20.3. The second-order valence-electron chi connectivity index (χ2n) is 7.32. The summed E-state index contributed by atoms with van der Waals surface area (Å²) in [4.78, 5) is 41.3. The fraction of sp³-hybridized carbons (Fsp3) is 0.0870. The summed E-state index contributed by atoms with van der Waals surface area (Å²) in [6, 6.07) is 14.6. The molecule has 5 aromatic rings. The number of halogens is 1. The van der Waals surface area contributed by atoms with Gasteiger partial charge in [-0.05, 0) is 30.2 Å². The summed E-state index contributed by atoms with van der Waals surface area (Å²) >= 11 is 7.50. The maximum atomic E-state index is 13.2. The van der Waals surface area contributed by atoms with Crippen LogP contribution in [-0.4, -0.2) is 25.2 Å². The van der Waals surface area contributed by atoms with Crippen molar-refractivity contribution in [3.05, 3.63) is 96.4 Å². The van der Waals surface area contributed by atoms with Crippen molar-refractivity contribution in [1.29, 1.82) is 0 Å². The van der Waals surface area contributed by atoms with E-state index in [0.717, 1.165) is 10.1 Å². The van der Waals surface area contributed by atoms with Crippen molar-refractivity contribution in [2.45, 2.75) is 13.0 Å². The van der Waals surface area contributed by atoms with Crippen molar-refractivity contribution in [3.63, 3.8) is 0 Å². The number of carboxylic acid groups (broad SMARTS) is 1. The number of aromatic carboxylic acids is 1. The Morgan fingerprint density at radius 1 is 1.06 bits per heavy atom. The molecular weight excluding hydrogens is 450 g/mol. The first-order valence-corrected chi connectivity index (χ1v) is 11.1. The van der Waals surface area contributed by atoms with Crippen LogP contribution in [0.1, 0.15) is 16.1 Å². The van der Waals surface area contributed by atoms with Gasteiger partial charge < -0.3 is 14.7 Å². The fourth-order valence-corrected chi connectivity index (χ4v) is 4.94. The summed E-state index contributed by atoms with van der Waals surface area (Å²) in [5, 5.41) is 14.6. The molecule has 9 heteroatoms. The van der Waals surface area contributed by atoms with Crippen molar-refractivity contribution in [2.75, 3.05) is 0 Å². The number of H-pyrrole nitrogens is 1. The lowest BCUT2D eigenvalue weighted by Crippen LogP contribution is -2.34. The molecule has 0 unspecified atom stereocenters. The maximum Gasteiger partial charge on any atom is 0.354 e. The average molecular weight is 466 g/mol. The molecule has 0 spiro atoms. The van der Waals surface area contributed by atoms with Crippen LogP contribution in [0.5, 0.6) is 0 Å². The van der Waals surface area contributed by atoms with Crippen LogP contribution in [0.2, 0.25) is 5.02 Å². The van der Waals surface area contributed by atoms with E-state index in [2.05, 4.69) is 4.98 Å². The molecule has 0 saturated carbocycles. The van der Waals surface area contributed by atoms with Gasteiger partial charge in [0.2, 0.25) is 0 Å². The molecule has 32 heavy (non-hydrogen) atoms. The molecule has 0 bridgehead atoms. The first-order valence-electron chi connectivity index (χ1n) is 9.76. The summed E-state index contributed by atoms with van der Waals surface area (Å²) in [6.07, 6.45) is 0.571. The van der Waals surface area contributed by atoms with Crippen LogP contribution in [0.15, 0.2) is 68.9 Å². The van der Waals surface area contributed by atoms with Crippen molar-refractivity contribution < 1.29 is 9.90 Å². The molecule has 0 fully saturated rings. The van der Waals surface area contributed by atoms with Gasteiger partial charge in [0.25, 0.3) is 5.56 Å². The molecule has 0 aliphatic rings. The topological polar surface area (TPSA) is 97.1 Å². The Bertz CT molecular complexity index is 1610. The molecule has 2 aromatic carbocycles. The van der Waals surface area contributed by atoms with Crippen LogP contribution < -0.4 is 11.2 Å². The summed E-state index contributed by atoms with van der Waals surface area (Å²) in [6.45, 7) is 0.344. The van der Waals surface area contributed by atoms with Crippen molar-refractivity contribution in [2.24, 2.45) is 0 Å². The van der Waals surface area contributed by atoms with E-state index in [1.54, 1.807) is 33.5 Å². The van der Waals surface area contributed by atoms with Gasteiger partial charge in [0.05, 0.1) is 22.1 Å². The molecule has 0 amide bonds. The number of rotatable bonds is 5. The Morgan fingerprint density at radius 3 is 2.59 bits per heavy atom. The lowest BCUT2D eigenvalue weighted by atomic mass is 10.1. The molecular formula is C23H16ClN3O4S. The van der Waals surface area contributed by atoms with E-state index in [9.17, 15) is 19.5 Å². The Hall–Kier alpha value is -3.62. The number of aryl methyl sites for hydroxylation is 2. The highest BCUT2D eigenvalue weighted by atomic mass is 35.5. The number of carboxylic acids is 1. The highest BCUT2D eigenvalue weighted by molar-refractivity contribution is 7.09. The van der Waals surface area contributed by atoms with Crippen LogP contribution in [0.4, 0.5) is 0 Å². The highest BCUT2D eigenvalue weighted by Gasteiger charge is 2.26. The van der Waals surface area contributed by atoms with Gasteiger partial charge in [-0.3, -0.25) is 4.79 Å². The summed E-state index contributed by atoms with van der Waals surface area (Å²) in [7, 11) is 0. The number of benzene rings is 2. The number of hydrogen-bond donors (Lipinski definition) is 2. The third-order valence-corrected chi connectivity index (χ3v) is 6.41. The van der Waals surface area contributed by atoms with E-state index in [-0.39, 0.29) is 11.4 Å². The van der Waals surface area contributed by atoms with Crippen LogP contribution in [0.25, 0.3) is 27.5 Å². The number of nitrogens with zero attached hydrogens (tertiary/aromatic N) is 2. The van der Waals surface area contributed by atoms with Crippen LogP contribution in [0, 0.1) is 0 Å². The summed E-state index contributed by atoms with van der Waals surface area (Å²) in [5.74, 6) is -1.24. The van der Waals surface area contributed by atoms with E-state index >= 15 is 0 Å². The molecule has 0 aliphatic carbocycles. The Labute approximate surface area is 189 Å². The Morgan fingerprint density at radius 2 is 1.84 bits per heavy atom. The van der Waals surface area contributed by atoms with Crippen molar-refractivity contribution in [3.8, 4) is 5.69 Å². The largest absolute Gasteiger partial charge is 0.477 e. The van der Waals surface area contributed by atoms with Gasteiger partial charge >= 0.3 is 11.7 Å². The summed E-state index contributed by atoms with van der Waals surface area (Å²) < 4.78 is 2.52. The third-order valence-electron chi connectivity index (χ3n) is 5.43. The van der Waals surface area contributed by atoms with E-state index < -0.39 is 17.2 Å². The molecule has 0 saturated heterocycles. The molecule has 5 rings (SSSR count). The minimum atomic E-state index is -1.24. The Balaban J connectivity index is 1.83. The van der Waals surface area contributed by atoms with E-state index in [1.165, 1.54) is 11.3 Å². The van der Waals surface area contributed by atoms with E-state index in [4.69, 9.17) is 11.6 Å². The zero-order valence-corrected chi connectivity index (χ0v) is 18.1. The number of aromatic nitrogens is 3.